The Bertz CT molecular complexity index is 1070. The molecular formula is C16H11ClN6OS2. The topological polar surface area (TPSA) is 85.6 Å². The molecule has 130 valence electrons. The summed E-state index contributed by atoms with van der Waals surface area (Å²) in [6.45, 7) is 1.86. The fourth-order valence-corrected chi connectivity index (χ4v) is 3.73. The van der Waals surface area contributed by atoms with E-state index in [2.05, 4.69) is 25.0 Å². The second kappa shape index (κ2) is 6.94. The highest BCUT2D eigenvalue weighted by atomic mass is 35.5. The summed E-state index contributed by atoms with van der Waals surface area (Å²) in [6.07, 6.45) is 0. The first kappa shape index (κ1) is 16.8. The molecule has 0 saturated heterocycles. The first-order chi connectivity index (χ1) is 12.6. The van der Waals surface area contributed by atoms with Gasteiger partial charge in [0.15, 0.2) is 11.5 Å². The lowest BCUT2D eigenvalue weighted by Gasteiger charge is -2.04. The summed E-state index contributed by atoms with van der Waals surface area (Å²) in [4.78, 5) is 17.1. The van der Waals surface area contributed by atoms with Crippen LogP contribution in [0.3, 0.4) is 0 Å². The average molecular weight is 403 g/mol. The molecule has 0 atom stereocenters. The van der Waals surface area contributed by atoms with Crippen LogP contribution in [0.25, 0.3) is 17.2 Å². The van der Waals surface area contributed by atoms with Gasteiger partial charge in [-0.3, -0.25) is 10.1 Å². The molecule has 0 aliphatic carbocycles. The molecule has 0 aliphatic heterocycles. The number of nitrogens with zero attached hydrogens (tertiary/aromatic N) is 5. The van der Waals surface area contributed by atoms with E-state index in [0.29, 0.717) is 26.5 Å². The molecule has 1 N–H and O–H groups in total. The molecule has 0 unspecified atom stereocenters. The highest BCUT2D eigenvalue weighted by molar-refractivity contribution is 7.12. The van der Waals surface area contributed by atoms with Gasteiger partial charge in [-0.2, -0.15) is 9.36 Å². The van der Waals surface area contributed by atoms with Gasteiger partial charge in [-0.1, -0.05) is 35.0 Å². The van der Waals surface area contributed by atoms with Crippen LogP contribution in [0.15, 0.2) is 41.8 Å². The summed E-state index contributed by atoms with van der Waals surface area (Å²) in [5.74, 6) is 0.200. The summed E-state index contributed by atoms with van der Waals surface area (Å²) in [5.41, 5.74) is 2.02. The lowest BCUT2D eigenvalue weighted by molar-refractivity contribution is 0.103. The fraction of sp³-hybridized carbons (Fsp3) is 0.0625. The molecule has 3 aromatic heterocycles. The van der Waals surface area contributed by atoms with Crippen molar-refractivity contribution in [1.29, 1.82) is 0 Å². The summed E-state index contributed by atoms with van der Waals surface area (Å²) in [6, 6.07) is 10.9. The van der Waals surface area contributed by atoms with E-state index in [0.717, 1.165) is 22.9 Å². The smallest absolute Gasteiger partial charge is 0.267 e. The van der Waals surface area contributed by atoms with Gasteiger partial charge in [0.25, 0.3) is 5.91 Å². The molecule has 4 aromatic rings. The van der Waals surface area contributed by atoms with E-state index >= 15 is 0 Å². The maximum absolute atomic E-state index is 12.1. The van der Waals surface area contributed by atoms with Gasteiger partial charge in [-0.05, 0) is 30.5 Å². The van der Waals surface area contributed by atoms with Crippen molar-refractivity contribution in [2.75, 3.05) is 5.32 Å². The number of hydrogen-bond donors (Lipinski definition) is 1. The zero-order valence-corrected chi connectivity index (χ0v) is 15.8. The van der Waals surface area contributed by atoms with Crippen LogP contribution in [-0.4, -0.2) is 30.3 Å². The van der Waals surface area contributed by atoms with E-state index < -0.39 is 0 Å². The molecule has 26 heavy (non-hydrogen) atoms. The number of halogens is 1. The Kier molecular flexibility index (Phi) is 4.49. The van der Waals surface area contributed by atoms with E-state index in [1.165, 1.54) is 11.3 Å². The van der Waals surface area contributed by atoms with Crippen LogP contribution in [0.2, 0.25) is 5.02 Å². The number of nitrogens with one attached hydrogen (secondary N) is 1. The molecule has 1 amide bonds. The number of rotatable bonds is 4. The van der Waals surface area contributed by atoms with Crippen molar-refractivity contribution in [3.8, 4) is 17.2 Å². The first-order valence-corrected chi connectivity index (χ1v) is 9.52. The van der Waals surface area contributed by atoms with E-state index in [1.807, 2.05) is 36.6 Å². The van der Waals surface area contributed by atoms with E-state index in [1.54, 1.807) is 16.8 Å². The van der Waals surface area contributed by atoms with Gasteiger partial charge in [0.05, 0.1) is 21.3 Å². The number of para-hydroxylation sites is 1. The molecule has 0 aliphatic rings. The highest BCUT2D eigenvalue weighted by Gasteiger charge is 2.18. The number of thiophene rings is 1. The molecule has 1 aromatic carbocycles. The van der Waals surface area contributed by atoms with Gasteiger partial charge in [-0.15, -0.1) is 16.4 Å². The van der Waals surface area contributed by atoms with E-state index in [4.69, 9.17) is 11.6 Å². The number of anilines is 1. The Balaban J connectivity index is 1.61. The van der Waals surface area contributed by atoms with Crippen LogP contribution >= 0.6 is 34.5 Å². The zero-order valence-electron chi connectivity index (χ0n) is 13.4. The predicted molar refractivity (Wildman–Crippen MR) is 102 cm³/mol. The van der Waals surface area contributed by atoms with E-state index in [-0.39, 0.29) is 5.91 Å². The largest absolute Gasteiger partial charge is 0.296 e. The second-order valence-electron chi connectivity index (χ2n) is 5.24. The van der Waals surface area contributed by atoms with Gasteiger partial charge < -0.3 is 0 Å². The number of benzene rings is 1. The van der Waals surface area contributed by atoms with Crippen molar-refractivity contribution >= 4 is 45.5 Å². The third-order valence-electron chi connectivity index (χ3n) is 3.58. The number of amides is 1. The summed E-state index contributed by atoms with van der Waals surface area (Å²) < 4.78 is 5.92. The summed E-state index contributed by atoms with van der Waals surface area (Å²) in [5, 5.41) is 13.9. The zero-order chi connectivity index (χ0) is 18.1. The number of carbonyl (C=O) groups excluding carboxylic acids is 1. The SMILES string of the molecule is Cc1c(-c2nsc(NC(=O)c3cccs3)n2)nnn1-c1ccccc1Cl. The lowest BCUT2D eigenvalue weighted by Crippen LogP contribution is -2.09. The first-order valence-electron chi connectivity index (χ1n) is 7.49. The third kappa shape index (κ3) is 3.12. The average Bonchev–Trinajstić information content (AvgIpc) is 3.36. The van der Waals surface area contributed by atoms with Gasteiger partial charge in [0.2, 0.25) is 5.13 Å². The lowest BCUT2D eigenvalue weighted by atomic mass is 10.3. The van der Waals surface area contributed by atoms with Crippen LogP contribution < -0.4 is 5.32 Å². The summed E-state index contributed by atoms with van der Waals surface area (Å²) in [7, 11) is 0. The van der Waals surface area contributed by atoms with Crippen molar-refractivity contribution in [3.63, 3.8) is 0 Å². The molecular weight excluding hydrogens is 392 g/mol. The normalized spacial score (nSPS) is 10.8. The molecule has 4 rings (SSSR count). The standard InChI is InChI=1S/C16H11ClN6OS2/c1-9-13(20-22-23(9)11-6-3-2-5-10(11)17)14-18-16(26-21-14)19-15(24)12-7-4-8-25-12/h2-8H,1H3,(H,18,19,21,24). The third-order valence-corrected chi connectivity index (χ3v) is 5.40. The molecule has 3 heterocycles. The molecule has 0 radical (unpaired) electrons. The second-order valence-corrected chi connectivity index (χ2v) is 7.35. The maximum atomic E-state index is 12.1. The van der Waals surface area contributed by atoms with Crippen molar-refractivity contribution in [2.45, 2.75) is 6.92 Å². The Morgan fingerprint density at radius 1 is 1.23 bits per heavy atom. The molecule has 0 bridgehead atoms. The van der Waals surface area contributed by atoms with Crippen molar-refractivity contribution < 1.29 is 4.79 Å². The fourth-order valence-electron chi connectivity index (χ4n) is 2.32. The maximum Gasteiger partial charge on any atom is 0.267 e. The van der Waals surface area contributed by atoms with Crippen LogP contribution in [0.1, 0.15) is 15.4 Å². The molecule has 7 nitrogen and oxygen atoms in total. The minimum absolute atomic E-state index is 0.209. The Labute approximate surface area is 161 Å². The van der Waals surface area contributed by atoms with Crippen LogP contribution in [0.4, 0.5) is 5.13 Å². The quantitative estimate of drug-likeness (QED) is 0.556. The Morgan fingerprint density at radius 3 is 2.85 bits per heavy atom. The minimum atomic E-state index is -0.209. The minimum Gasteiger partial charge on any atom is -0.296 e. The van der Waals surface area contributed by atoms with Crippen LogP contribution in [-0.2, 0) is 0 Å². The summed E-state index contributed by atoms with van der Waals surface area (Å²) >= 11 is 8.69. The van der Waals surface area contributed by atoms with Gasteiger partial charge >= 0.3 is 0 Å². The number of aromatic nitrogens is 5. The number of hydrogen-bond acceptors (Lipinski definition) is 7. The van der Waals surface area contributed by atoms with Crippen LogP contribution in [0.5, 0.6) is 0 Å². The molecule has 0 fully saturated rings. The van der Waals surface area contributed by atoms with E-state index in [9.17, 15) is 4.79 Å². The van der Waals surface area contributed by atoms with Crippen molar-refractivity contribution in [1.82, 2.24) is 24.4 Å². The van der Waals surface area contributed by atoms with Gasteiger partial charge in [-0.25, -0.2) is 4.68 Å². The molecule has 0 saturated carbocycles. The van der Waals surface area contributed by atoms with Crippen molar-refractivity contribution in [3.05, 3.63) is 57.4 Å². The Hall–Kier alpha value is -2.62. The van der Waals surface area contributed by atoms with Gasteiger partial charge in [0.1, 0.15) is 0 Å². The van der Waals surface area contributed by atoms with Crippen molar-refractivity contribution in [2.24, 2.45) is 0 Å². The monoisotopic (exact) mass is 402 g/mol. The highest BCUT2D eigenvalue weighted by Crippen LogP contribution is 2.26. The predicted octanol–water partition coefficient (Wildman–Crippen LogP) is 4.06. The molecule has 10 heteroatoms. The molecule has 0 spiro atoms. The van der Waals surface area contributed by atoms with Crippen LogP contribution in [0, 0.1) is 6.92 Å². The Morgan fingerprint density at radius 2 is 2.08 bits per heavy atom. The number of carbonyl (C=O) groups is 1. The van der Waals surface area contributed by atoms with Gasteiger partial charge in [0, 0.05) is 11.5 Å².